The van der Waals surface area contributed by atoms with E-state index >= 15 is 0 Å². The predicted molar refractivity (Wildman–Crippen MR) is 606 cm³/mol. The number of hydrogen-bond donors (Lipinski definition) is 0. The fourth-order valence-electron chi connectivity index (χ4n) is 18.0. The summed E-state index contributed by atoms with van der Waals surface area (Å²) in [4.78, 5) is 28.5. The van der Waals surface area contributed by atoms with Crippen molar-refractivity contribution in [3.63, 3.8) is 0 Å². The molecule has 695 valence electrons. The van der Waals surface area contributed by atoms with Crippen molar-refractivity contribution in [3.05, 3.63) is 583 Å². The summed E-state index contributed by atoms with van der Waals surface area (Å²) in [6, 6.07) is 201. The third-order valence-corrected chi connectivity index (χ3v) is 25.1. The maximum absolute atomic E-state index is 5.44. The van der Waals surface area contributed by atoms with Gasteiger partial charge in [-0.05, 0) is 191 Å². The number of hydrogen-bond acceptors (Lipinski definition) is 7. The number of benzene rings is 20. The second-order valence-corrected chi connectivity index (χ2v) is 34.0. The van der Waals surface area contributed by atoms with Crippen LogP contribution in [0.25, 0.3) is 173 Å². The van der Waals surface area contributed by atoms with Crippen molar-refractivity contribution in [2.24, 2.45) is 0 Å². The van der Waals surface area contributed by atoms with E-state index in [-0.39, 0.29) is 29.0 Å². The van der Waals surface area contributed by atoms with Crippen LogP contribution in [0.2, 0.25) is 0 Å². The van der Waals surface area contributed by atoms with Gasteiger partial charge in [-0.3, -0.25) is 4.57 Å². The summed E-state index contributed by atoms with van der Waals surface area (Å²) in [5.74, 6) is 1.87. The number of nitrogens with zero attached hydrogens (tertiary/aromatic N) is 8. The van der Waals surface area contributed by atoms with Crippen LogP contribution in [0.5, 0.6) is 0 Å². The van der Waals surface area contributed by atoms with Gasteiger partial charge in [-0.15, -0.1) is 71.8 Å². The smallest absolute Gasteiger partial charge is 0.238 e. The summed E-state index contributed by atoms with van der Waals surface area (Å²) in [7, 11) is 0. The number of pyridine rings is 2. The van der Waals surface area contributed by atoms with Gasteiger partial charge in [0, 0.05) is 95.4 Å². The van der Waals surface area contributed by atoms with Crippen molar-refractivity contribution in [1.82, 2.24) is 29.5 Å². The molecular weight excluding hydrogens is 1950 g/mol. The quantitative estimate of drug-likeness (QED) is 0.0704. The summed E-state index contributed by atoms with van der Waals surface area (Å²) >= 11 is 2.78. The Morgan fingerprint density at radius 1 is 0.229 bits per heavy atom. The van der Waals surface area contributed by atoms with Crippen molar-refractivity contribution in [2.45, 2.75) is 7.43 Å². The zero-order chi connectivity index (χ0) is 96.5. The maximum atomic E-state index is 5.44. The fraction of sp³-hybridized carbons (Fsp3) is 0.00746. The van der Waals surface area contributed by atoms with Gasteiger partial charge in [-0.2, -0.15) is 23.4 Å². The van der Waals surface area contributed by atoms with Crippen LogP contribution >= 0.6 is 13.4 Å². The number of anilines is 6. The molecule has 10 heteroatoms. The number of para-hydroxylation sites is 2. The van der Waals surface area contributed by atoms with Crippen molar-refractivity contribution in [3.8, 4) is 151 Å². The first-order chi connectivity index (χ1) is 70.9. The summed E-state index contributed by atoms with van der Waals surface area (Å²) in [6.45, 7) is 0. The van der Waals surface area contributed by atoms with Crippen molar-refractivity contribution < 1.29 is 21.5 Å². The van der Waals surface area contributed by atoms with Gasteiger partial charge in [-0.1, -0.05) is 426 Å². The first-order valence-corrected chi connectivity index (χ1v) is 47.4. The molecule has 8 nitrogen and oxygen atoms in total. The molecule has 24 aromatic rings. The summed E-state index contributed by atoms with van der Waals surface area (Å²) in [5, 5.41) is 2.31. The van der Waals surface area contributed by atoms with Gasteiger partial charge in [0.2, 0.25) is 5.95 Å². The zero-order valence-corrected chi connectivity index (χ0v) is 81.4. The molecule has 1 radical (unpaired) electrons. The molecule has 0 N–H and O–H groups in total. The second kappa shape index (κ2) is 46.7. The van der Waals surface area contributed by atoms with E-state index in [9.17, 15) is 0 Å². The van der Waals surface area contributed by atoms with Crippen LogP contribution in [-0.4, -0.2) is 30.6 Å². The van der Waals surface area contributed by atoms with Gasteiger partial charge >= 0.3 is 0 Å². The number of aromatic nitrogens is 6. The molecule has 0 atom stereocenters. The minimum absolute atomic E-state index is 0. The normalized spacial score (nSPS) is 10.7. The molecule has 0 unspecified atom stereocenters. The molecular formula is C134H102IrN8S-2. The Bertz CT molecular complexity index is 7990. The van der Waals surface area contributed by atoms with Gasteiger partial charge in [0.25, 0.3) is 0 Å². The molecule has 0 spiro atoms. The van der Waals surface area contributed by atoms with Crippen LogP contribution in [0.4, 0.5) is 34.1 Å². The first kappa shape index (κ1) is 95.0. The number of fused-ring (bicyclic) bond motifs is 3. The molecule has 0 aliphatic heterocycles. The van der Waals surface area contributed by atoms with Gasteiger partial charge < -0.3 is 19.8 Å². The summed E-state index contributed by atoms with van der Waals surface area (Å²) in [6.07, 6.45) is 3.63. The molecule has 4 heterocycles. The van der Waals surface area contributed by atoms with E-state index in [1.54, 1.807) is 6.20 Å². The molecule has 0 saturated carbocycles. The Kier molecular flexibility index (Phi) is 30.8. The topological polar surface area (TPSA) is 75.9 Å². The summed E-state index contributed by atoms with van der Waals surface area (Å²) < 4.78 is 7.64. The maximum Gasteiger partial charge on any atom is 0.238 e. The Balaban J connectivity index is 0.000000157. The molecule has 0 fully saturated rings. The average Bonchev–Trinajstić information content (AvgIpc) is 1.57. The van der Waals surface area contributed by atoms with Gasteiger partial charge in [-0.25, -0.2) is 4.98 Å². The standard InChI is InChI=1S/C66H48N2.C39H26N4.C17H12N.C11H8N.CH4.Ir.H2S.H2/c1-6-16-49(17-7-1)53-26-37-60(38-27-53)67(61-39-28-54(29-40-61)50-18-8-2-9-19-50)62-41-30-56(31-42-62)57-34-45-64(46-35-57)68(63-43-32-55(33-44-63)51-20-10-3-11-21-51)66-47-36-59(52-22-12-4-13-23-52)48-65(66)58-24-14-5-15-25-58;1-4-13-27(14-5-1)28-23-25-29(26-24-28)32-20-12-21-34-33-19-10-11-22-35(33)43(36(32)34)39-41-37(30-15-6-2-7-16-30)40-38(42-39)31-17-8-3-9-18-31;1-3-7-14(8-4-1)16-11-12-18-17(13-16)15-9-5-2-6-10-15;1-2-6-10(7-3-1)11-8-4-5-9-12-11;;;;/h1-48H;1-26H;1-9,11-13H;1-6,8-9H;1H4;;1H2;1H/q;;2*-1;;;;/i/hD. The van der Waals surface area contributed by atoms with E-state index in [1.807, 2.05) is 164 Å². The monoisotopic (exact) mass is 2050 g/mol. The van der Waals surface area contributed by atoms with Gasteiger partial charge in [0.15, 0.2) is 11.6 Å². The van der Waals surface area contributed by atoms with E-state index in [2.05, 4.69) is 450 Å². The van der Waals surface area contributed by atoms with Crippen molar-refractivity contribution >= 4 is 69.3 Å². The average molecular weight is 2050 g/mol. The van der Waals surface area contributed by atoms with E-state index < -0.39 is 0 Å². The SMILES string of the molecule is C.[2H]S.[HH].[Ir].[c-]1ccccc1-c1cc(-c2ccccc2)ccn1.[c-]1ccccc1-c1ccccn1.c1ccc(-c2ccc(-c3cccc4c5ccccc5n(-c5nc(-c6ccccc6)nc(-c6ccccc6)n5)c34)cc2)cc1.c1ccc(-c2ccc(N(c3ccc(-c4ccccc4)cc3)c3ccc(-c4ccc(N(c5ccc(-c6ccccc6)cc5)c5ccc(-c6ccccc6)cc5-c5ccccc5)cc4)cc3)cc2)cc1. The molecule has 4 aromatic heterocycles. The van der Waals surface area contributed by atoms with Gasteiger partial charge in [0.1, 0.15) is 0 Å². The molecule has 144 heavy (non-hydrogen) atoms. The zero-order valence-electron chi connectivity index (χ0n) is 79.1. The van der Waals surface area contributed by atoms with Crippen LogP contribution in [0.3, 0.4) is 0 Å². The van der Waals surface area contributed by atoms with Crippen molar-refractivity contribution in [1.29, 1.82) is 1.12 Å². The molecule has 0 amide bonds. The molecule has 20 aromatic carbocycles. The largest absolute Gasteiger partial charge is 0.311 e. The van der Waals surface area contributed by atoms with E-state index in [1.165, 1.54) is 66.8 Å². The molecule has 0 bridgehead atoms. The Morgan fingerprint density at radius 3 is 0.931 bits per heavy atom. The molecule has 0 aliphatic carbocycles. The van der Waals surface area contributed by atoms with E-state index in [4.69, 9.17) is 16.1 Å². The molecule has 0 aliphatic rings. The minimum Gasteiger partial charge on any atom is -0.311 e. The molecule has 0 saturated heterocycles. The second-order valence-electron chi connectivity index (χ2n) is 34.0. The number of rotatable bonds is 20. The van der Waals surface area contributed by atoms with Crippen LogP contribution in [0.1, 0.15) is 8.85 Å². The van der Waals surface area contributed by atoms with Gasteiger partial charge in [0.05, 0.1) is 17.8 Å². The Hall–Kier alpha value is -17.9. The van der Waals surface area contributed by atoms with Crippen LogP contribution < -0.4 is 9.80 Å². The fourth-order valence-corrected chi connectivity index (χ4v) is 18.0. The Labute approximate surface area is 866 Å². The van der Waals surface area contributed by atoms with E-state index in [0.29, 0.717) is 17.6 Å². The predicted octanol–water partition coefficient (Wildman–Crippen LogP) is 36.0. The third kappa shape index (κ3) is 22.3. The Morgan fingerprint density at radius 2 is 0.535 bits per heavy atom. The minimum atomic E-state index is 0. The first-order valence-electron chi connectivity index (χ1n) is 47.8. The van der Waals surface area contributed by atoms with Crippen LogP contribution in [0, 0.1) is 12.1 Å². The van der Waals surface area contributed by atoms with E-state index in [0.717, 1.165) is 123 Å². The van der Waals surface area contributed by atoms with Crippen LogP contribution in [-0.2, 0) is 20.1 Å². The van der Waals surface area contributed by atoms with Crippen LogP contribution in [0.15, 0.2) is 570 Å². The third-order valence-electron chi connectivity index (χ3n) is 25.1. The molecule has 24 rings (SSSR count). The summed E-state index contributed by atoms with van der Waals surface area (Å²) in [5.41, 5.74) is 35.7. The van der Waals surface area contributed by atoms with Crippen molar-refractivity contribution in [2.75, 3.05) is 9.80 Å².